The minimum atomic E-state index is 0.714. The number of halogens is 1. The molecule has 100 valence electrons. The molecule has 0 atom stereocenters. The summed E-state index contributed by atoms with van der Waals surface area (Å²) in [5.41, 5.74) is 3.28. The Morgan fingerprint density at radius 2 is 2.00 bits per heavy atom. The number of methoxy groups -OCH3 is 1. The zero-order valence-electron chi connectivity index (χ0n) is 11.1. The van der Waals surface area contributed by atoms with Crippen LogP contribution in [-0.4, -0.2) is 18.7 Å². The van der Waals surface area contributed by atoms with E-state index in [2.05, 4.69) is 38.4 Å². The molecular formula is C15H17BrN2O. The SMILES string of the molecule is COCCc1ccccc1Nc1ccc(Br)c(C)n1. The molecule has 1 aromatic heterocycles. The van der Waals surface area contributed by atoms with Crippen molar-refractivity contribution < 1.29 is 4.74 Å². The number of ether oxygens (including phenoxy) is 1. The Balaban J connectivity index is 2.20. The fourth-order valence-corrected chi connectivity index (χ4v) is 2.04. The molecule has 0 bridgehead atoms. The lowest BCUT2D eigenvalue weighted by Gasteiger charge is -2.12. The monoisotopic (exact) mass is 320 g/mol. The predicted molar refractivity (Wildman–Crippen MR) is 82.0 cm³/mol. The van der Waals surface area contributed by atoms with Gasteiger partial charge in [-0.05, 0) is 53.0 Å². The van der Waals surface area contributed by atoms with E-state index in [1.54, 1.807) is 7.11 Å². The molecule has 0 saturated carbocycles. The van der Waals surface area contributed by atoms with E-state index in [4.69, 9.17) is 4.74 Å². The second-order valence-corrected chi connectivity index (χ2v) is 5.14. The van der Waals surface area contributed by atoms with Gasteiger partial charge in [0.05, 0.1) is 12.3 Å². The van der Waals surface area contributed by atoms with Gasteiger partial charge in [-0.2, -0.15) is 0 Å². The minimum Gasteiger partial charge on any atom is -0.384 e. The van der Waals surface area contributed by atoms with E-state index in [1.807, 2.05) is 31.2 Å². The number of rotatable bonds is 5. The van der Waals surface area contributed by atoms with Gasteiger partial charge in [-0.3, -0.25) is 0 Å². The Bertz CT molecular complexity index is 558. The van der Waals surface area contributed by atoms with Gasteiger partial charge in [-0.15, -0.1) is 0 Å². The third kappa shape index (κ3) is 3.78. The van der Waals surface area contributed by atoms with E-state index in [0.717, 1.165) is 28.1 Å². The zero-order chi connectivity index (χ0) is 13.7. The standard InChI is InChI=1S/C15H17BrN2O/c1-11-13(16)7-8-15(17-11)18-14-6-4-3-5-12(14)9-10-19-2/h3-8H,9-10H2,1-2H3,(H,17,18). The highest BCUT2D eigenvalue weighted by Gasteiger charge is 2.04. The number of hydrogen-bond acceptors (Lipinski definition) is 3. The molecule has 1 heterocycles. The molecule has 0 aliphatic heterocycles. The lowest BCUT2D eigenvalue weighted by atomic mass is 10.1. The van der Waals surface area contributed by atoms with Crippen LogP contribution < -0.4 is 5.32 Å². The molecule has 1 N–H and O–H groups in total. The van der Waals surface area contributed by atoms with Gasteiger partial charge in [0.25, 0.3) is 0 Å². The second-order valence-electron chi connectivity index (χ2n) is 4.29. The molecule has 0 spiro atoms. The van der Waals surface area contributed by atoms with Gasteiger partial charge >= 0.3 is 0 Å². The maximum Gasteiger partial charge on any atom is 0.130 e. The van der Waals surface area contributed by atoms with Crippen LogP contribution in [0.15, 0.2) is 40.9 Å². The minimum absolute atomic E-state index is 0.714. The van der Waals surface area contributed by atoms with Crippen molar-refractivity contribution in [2.75, 3.05) is 19.0 Å². The Labute approximate surface area is 122 Å². The van der Waals surface area contributed by atoms with Crippen molar-refractivity contribution in [3.05, 3.63) is 52.1 Å². The molecule has 0 aliphatic carbocycles. The van der Waals surface area contributed by atoms with Gasteiger partial charge in [0.2, 0.25) is 0 Å². The number of benzene rings is 1. The normalized spacial score (nSPS) is 10.5. The molecule has 0 fully saturated rings. The third-order valence-electron chi connectivity index (χ3n) is 2.88. The molecule has 19 heavy (non-hydrogen) atoms. The van der Waals surface area contributed by atoms with Crippen LogP contribution in [0.25, 0.3) is 0 Å². The van der Waals surface area contributed by atoms with Gasteiger partial charge in [0, 0.05) is 17.3 Å². The third-order valence-corrected chi connectivity index (χ3v) is 3.72. The van der Waals surface area contributed by atoms with Crippen molar-refractivity contribution in [2.24, 2.45) is 0 Å². The number of pyridine rings is 1. The van der Waals surface area contributed by atoms with E-state index in [9.17, 15) is 0 Å². The Kier molecular flexibility index (Phi) is 4.93. The van der Waals surface area contributed by atoms with Crippen molar-refractivity contribution in [1.29, 1.82) is 0 Å². The molecule has 1 aromatic carbocycles. The van der Waals surface area contributed by atoms with Crippen LogP contribution in [0.5, 0.6) is 0 Å². The summed E-state index contributed by atoms with van der Waals surface area (Å²) in [7, 11) is 1.72. The zero-order valence-corrected chi connectivity index (χ0v) is 12.7. The summed E-state index contributed by atoms with van der Waals surface area (Å²) in [4.78, 5) is 4.50. The first kappa shape index (κ1) is 14.0. The van der Waals surface area contributed by atoms with Crippen molar-refractivity contribution in [1.82, 2.24) is 4.98 Å². The smallest absolute Gasteiger partial charge is 0.130 e. The summed E-state index contributed by atoms with van der Waals surface area (Å²) >= 11 is 3.46. The van der Waals surface area contributed by atoms with Crippen LogP contribution in [0.3, 0.4) is 0 Å². The average molecular weight is 321 g/mol. The van der Waals surface area contributed by atoms with Crippen LogP contribution in [0.2, 0.25) is 0 Å². The first-order chi connectivity index (χ1) is 9.20. The molecule has 2 rings (SSSR count). The summed E-state index contributed by atoms with van der Waals surface area (Å²) in [5, 5.41) is 3.36. The van der Waals surface area contributed by atoms with Crippen molar-refractivity contribution in [3.8, 4) is 0 Å². The second kappa shape index (κ2) is 6.68. The van der Waals surface area contributed by atoms with Gasteiger partial charge in [0.15, 0.2) is 0 Å². The van der Waals surface area contributed by atoms with Gasteiger partial charge in [0.1, 0.15) is 5.82 Å². The fraction of sp³-hybridized carbons (Fsp3) is 0.267. The molecule has 3 nitrogen and oxygen atoms in total. The van der Waals surface area contributed by atoms with Crippen LogP contribution in [-0.2, 0) is 11.2 Å². The van der Waals surface area contributed by atoms with Crippen LogP contribution >= 0.6 is 15.9 Å². The number of para-hydroxylation sites is 1. The number of aryl methyl sites for hydroxylation is 1. The number of nitrogens with zero attached hydrogens (tertiary/aromatic N) is 1. The highest BCUT2D eigenvalue weighted by molar-refractivity contribution is 9.10. The number of aromatic nitrogens is 1. The molecule has 2 aromatic rings. The van der Waals surface area contributed by atoms with Crippen LogP contribution in [0.1, 0.15) is 11.3 Å². The molecule has 0 amide bonds. The summed E-state index contributed by atoms with van der Waals surface area (Å²) in [5.74, 6) is 0.852. The predicted octanol–water partition coefficient (Wildman–Crippen LogP) is 4.09. The summed E-state index contributed by atoms with van der Waals surface area (Å²) in [6.45, 7) is 2.69. The van der Waals surface area contributed by atoms with E-state index in [0.29, 0.717) is 6.61 Å². The highest BCUT2D eigenvalue weighted by Crippen LogP contribution is 2.22. The Morgan fingerprint density at radius 1 is 1.21 bits per heavy atom. The van der Waals surface area contributed by atoms with Crippen molar-refractivity contribution in [3.63, 3.8) is 0 Å². The quantitative estimate of drug-likeness (QED) is 0.901. The highest BCUT2D eigenvalue weighted by atomic mass is 79.9. The van der Waals surface area contributed by atoms with E-state index < -0.39 is 0 Å². The maximum absolute atomic E-state index is 5.14. The summed E-state index contributed by atoms with van der Waals surface area (Å²) in [6, 6.07) is 12.2. The number of nitrogens with one attached hydrogen (secondary N) is 1. The number of hydrogen-bond donors (Lipinski definition) is 1. The molecule has 0 saturated heterocycles. The molecule has 4 heteroatoms. The van der Waals surface area contributed by atoms with Gasteiger partial charge in [-0.1, -0.05) is 18.2 Å². The first-order valence-electron chi connectivity index (χ1n) is 6.17. The average Bonchev–Trinajstić information content (AvgIpc) is 2.42. The van der Waals surface area contributed by atoms with E-state index in [1.165, 1.54) is 5.56 Å². The van der Waals surface area contributed by atoms with E-state index >= 15 is 0 Å². The fourth-order valence-electron chi connectivity index (χ4n) is 1.82. The van der Waals surface area contributed by atoms with Gasteiger partial charge in [-0.25, -0.2) is 4.98 Å². The van der Waals surface area contributed by atoms with Gasteiger partial charge < -0.3 is 10.1 Å². The van der Waals surface area contributed by atoms with E-state index in [-0.39, 0.29) is 0 Å². The van der Waals surface area contributed by atoms with Crippen molar-refractivity contribution >= 4 is 27.4 Å². The lowest BCUT2D eigenvalue weighted by Crippen LogP contribution is -2.01. The molecule has 0 unspecified atom stereocenters. The molecular weight excluding hydrogens is 304 g/mol. The first-order valence-corrected chi connectivity index (χ1v) is 6.97. The van der Waals surface area contributed by atoms with Crippen molar-refractivity contribution in [2.45, 2.75) is 13.3 Å². The van der Waals surface area contributed by atoms with Crippen LogP contribution in [0, 0.1) is 6.92 Å². The maximum atomic E-state index is 5.14. The summed E-state index contributed by atoms with van der Waals surface area (Å²) < 4.78 is 6.16. The molecule has 0 aliphatic rings. The lowest BCUT2D eigenvalue weighted by molar-refractivity contribution is 0.202. The Hall–Kier alpha value is -1.39. The topological polar surface area (TPSA) is 34.1 Å². The largest absolute Gasteiger partial charge is 0.384 e. The Morgan fingerprint density at radius 3 is 2.74 bits per heavy atom. The van der Waals surface area contributed by atoms with Crippen LogP contribution in [0.4, 0.5) is 11.5 Å². The summed E-state index contributed by atoms with van der Waals surface area (Å²) in [6.07, 6.45) is 0.884. The number of anilines is 2. The molecule has 0 radical (unpaired) electrons.